The molecule has 1 atom stereocenters. The number of aliphatic imine (C=N–C) groups is 1. The third-order valence-electron chi connectivity index (χ3n) is 4.17. The van der Waals surface area contributed by atoms with E-state index in [1.807, 2.05) is 27.7 Å². The van der Waals surface area contributed by atoms with Gasteiger partial charge in [-0.05, 0) is 52.2 Å². The Morgan fingerprint density at radius 2 is 1.68 bits per heavy atom. The lowest BCUT2D eigenvalue weighted by molar-refractivity contribution is -0.128. The highest BCUT2D eigenvalue weighted by atomic mass is 16.2. The summed E-state index contributed by atoms with van der Waals surface area (Å²) in [6.45, 7) is 13.9. The van der Waals surface area contributed by atoms with E-state index in [9.17, 15) is 4.79 Å². The molecule has 0 fully saturated rings. The minimum Gasteiger partial charge on any atom is -0.357 e. The Balaban J connectivity index is 2.78. The van der Waals surface area contributed by atoms with Crippen LogP contribution in [0.1, 0.15) is 58.7 Å². The minimum atomic E-state index is -0.537. The lowest BCUT2D eigenvalue weighted by Crippen LogP contribution is -2.42. The summed E-state index contributed by atoms with van der Waals surface area (Å²) in [4.78, 5) is 16.7. The highest BCUT2D eigenvalue weighted by molar-refractivity contribution is 5.83. The van der Waals surface area contributed by atoms with Crippen molar-refractivity contribution >= 4 is 11.9 Å². The lowest BCUT2D eigenvalue weighted by Gasteiger charge is -2.23. The van der Waals surface area contributed by atoms with Gasteiger partial charge < -0.3 is 16.0 Å². The van der Waals surface area contributed by atoms with Crippen LogP contribution in [0.3, 0.4) is 0 Å². The Kier molecular flexibility index (Phi) is 8.46. The predicted molar refractivity (Wildman–Crippen MR) is 106 cm³/mol. The van der Waals surface area contributed by atoms with Gasteiger partial charge in [0, 0.05) is 13.1 Å². The van der Waals surface area contributed by atoms with Crippen molar-refractivity contribution in [3.63, 3.8) is 0 Å². The summed E-state index contributed by atoms with van der Waals surface area (Å²) in [6, 6.07) is 8.76. The lowest BCUT2D eigenvalue weighted by atomic mass is 9.92. The first-order valence-electron chi connectivity index (χ1n) is 9.26. The van der Waals surface area contributed by atoms with Gasteiger partial charge in [-0.2, -0.15) is 0 Å². The van der Waals surface area contributed by atoms with E-state index in [-0.39, 0.29) is 11.9 Å². The molecule has 5 heteroatoms. The molecule has 140 valence electrons. The average molecular weight is 347 g/mol. The maximum Gasteiger partial charge on any atom is 0.227 e. The number of hydrogen-bond donors (Lipinski definition) is 3. The van der Waals surface area contributed by atoms with Crippen LogP contribution in [0.5, 0.6) is 0 Å². The Morgan fingerprint density at radius 3 is 2.20 bits per heavy atom. The number of carbonyl (C=O) groups excluding carboxylic acids is 1. The summed E-state index contributed by atoms with van der Waals surface area (Å²) in [5.74, 6) is 0.754. The number of guanidine groups is 1. The molecule has 1 amide bonds. The average Bonchev–Trinajstić information content (AvgIpc) is 2.60. The van der Waals surface area contributed by atoms with E-state index < -0.39 is 5.41 Å². The van der Waals surface area contributed by atoms with Crippen molar-refractivity contribution in [1.82, 2.24) is 16.0 Å². The molecule has 3 N–H and O–H groups in total. The number of carbonyl (C=O) groups is 1. The second-order valence-corrected chi connectivity index (χ2v) is 6.90. The standard InChI is InChI=1S/C20H34N4O/c1-7-16-10-12-17(13-11-16)15(4)24-19(22-9-3)23-14-20(5,6)18(25)21-8-2/h10-13,15H,7-9,14H2,1-6H3,(H,21,25)(H2,22,23,24). The van der Waals surface area contributed by atoms with Gasteiger partial charge in [0.2, 0.25) is 5.91 Å². The van der Waals surface area contributed by atoms with E-state index >= 15 is 0 Å². The largest absolute Gasteiger partial charge is 0.357 e. The molecule has 1 rings (SSSR count). The molecule has 0 aromatic heterocycles. The van der Waals surface area contributed by atoms with Crippen molar-refractivity contribution < 1.29 is 4.79 Å². The van der Waals surface area contributed by atoms with Gasteiger partial charge >= 0.3 is 0 Å². The number of amides is 1. The van der Waals surface area contributed by atoms with Gasteiger partial charge in [-0.1, -0.05) is 31.2 Å². The van der Waals surface area contributed by atoms with Crippen molar-refractivity contribution in [2.24, 2.45) is 10.4 Å². The number of nitrogens with one attached hydrogen (secondary N) is 3. The number of aryl methyl sites for hydroxylation is 1. The smallest absolute Gasteiger partial charge is 0.227 e. The highest BCUT2D eigenvalue weighted by Gasteiger charge is 2.27. The molecular weight excluding hydrogens is 312 g/mol. The zero-order valence-electron chi connectivity index (χ0n) is 16.6. The minimum absolute atomic E-state index is 0.0257. The second-order valence-electron chi connectivity index (χ2n) is 6.90. The first-order chi connectivity index (χ1) is 11.8. The quantitative estimate of drug-likeness (QED) is 0.501. The Morgan fingerprint density at radius 1 is 1.08 bits per heavy atom. The van der Waals surface area contributed by atoms with Gasteiger partial charge in [-0.15, -0.1) is 0 Å². The van der Waals surface area contributed by atoms with Crippen molar-refractivity contribution in [3.05, 3.63) is 35.4 Å². The second kappa shape index (κ2) is 10.1. The van der Waals surface area contributed by atoms with Crippen molar-refractivity contribution in [1.29, 1.82) is 0 Å². The SMILES string of the molecule is CCNC(=O)C(C)(C)CN=C(NCC)NC(C)c1ccc(CC)cc1. The fraction of sp³-hybridized carbons (Fsp3) is 0.600. The zero-order valence-corrected chi connectivity index (χ0v) is 16.6. The normalized spacial score (nSPS) is 13.3. The van der Waals surface area contributed by atoms with Gasteiger partial charge in [0.25, 0.3) is 0 Å². The van der Waals surface area contributed by atoms with E-state index in [4.69, 9.17) is 0 Å². The molecule has 0 aliphatic rings. The summed E-state index contributed by atoms with van der Waals surface area (Å²) >= 11 is 0. The fourth-order valence-corrected chi connectivity index (χ4v) is 2.40. The van der Waals surface area contributed by atoms with E-state index in [0.717, 1.165) is 18.9 Å². The third kappa shape index (κ3) is 6.77. The van der Waals surface area contributed by atoms with Gasteiger partial charge in [0.15, 0.2) is 5.96 Å². The van der Waals surface area contributed by atoms with Crippen LogP contribution in [-0.4, -0.2) is 31.5 Å². The topological polar surface area (TPSA) is 65.5 Å². The first-order valence-corrected chi connectivity index (χ1v) is 9.26. The molecule has 0 bridgehead atoms. The number of nitrogens with zero attached hydrogens (tertiary/aromatic N) is 1. The molecule has 0 radical (unpaired) electrons. The summed E-state index contributed by atoms with van der Waals surface area (Å²) < 4.78 is 0. The number of hydrogen-bond acceptors (Lipinski definition) is 2. The van der Waals surface area contributed by atoms with E-state index in [2.05, 4.69) is 59.1 Å². The van der Waals surface area contributed by atoms with Gasteiger partial charge in [-0.25, -0.2) is 0 Å². The monoisotopic (exact) mass is 346 g/mol. The van der Waals surface area contributed by atoms with Crippen LogP contribution in [0.4, 0.5) is 0 Å². The summed E-state index contributed by atoms with van der Waals surface area (Å²) in [5, 5.41) is 9.55. The molecule has 1 aromatic rings. The maximum atomic E-state index is 12.1. The molecule has 25 heavy (non-hydrogen) atoms. The molecule has 0 spiro atoms. The number of benzene rings is 1. The van der Waals surface area contributed by atoms with Crippen LogP contribution in [0, 0.1) is 5.41 Å². The van der Waals surface area contributed by atoms with E-state index in [0.29, 0.717) is 13.1 Å². The van der Waals surface area contributed by atoms with Gasteiger partial charge in [0.1, 0.15) is 0 Å². The van der Waals surface area contributed by atoms with Crippen LogP contribution in [0.15, 0.2) is 29.3 Å². The first kappa shape index (κ1) is 21.0. The molecular formula is C20H34N4O. The molecule has 0 saturated carbocycles. The van der Waals surface area contributed by atoms with E-state index in [1.54, 1.807) is 0 Å². The molecule has 1 unspecified atom stereocenters. The van der Waals surface area contributed by atoms with Crippen LogP contribution < -0.4 is 16.0 Å². The third-order valence-corrected chi connectivity index (χ3v) is 4.17. The maximum absolute atomic E-state index is 12.1. The van der Waals surface area contributed by atoms with Crippen LogP contribution >= 0.6 is 0 Å². The summed E-state index contributed by atoms with van der Waals surface area (Å²) in [7, 11) is 0. The molecule has 0 saturated heterocycles. The number of rotatable bonds is 8. The van der Waals surface area contributed by atoms with E-state index in [1.165, 1.54) is 11.1 Å². The summed E-state index contributed by atoms with van der Waals surface area (Å²) in [5.41, 5.74) is 2.01. The van der Waals surface area contributed by atoms with Crippen LogP contribution in [0.25, 0.3) is 0 Å². The highest BCUT2D eigenvalue weighted by Crippen LogP contribution is 2.16. The molecule has 1 aromatic carbocycles. The van der Waals surface area contributed by atoms with Crippen LogP contribution in [-0.2, 0) is 11.2 Å². The van der Waals surface area contributed by atoms with Crippen molar-refractivity contribution in [3.8, 4) is 0 Å². The Bertz CT molecular complexity index is 564. The fourth-order valence-electron chi connectivity index (χ4n) is 2.40. The van der Waals surface area contributed by atoms with Crippen molar-refractivity contribution in [2.75, 3.05) is 19.6 Å². The zero-order chi connectivity index (χ0) is 18.9. The Hall–Kier alpha value is -2.04. The Labute approximate surface area is 152 Å². The van der Waals surface area contributed by atoms with Crippen LogP contribution in [0.2, 0.25) is 0 Å². The van der Waals surface area contributed by atoms with Gasteiger partial charge in [-0.3, -0.25) is 9.79 Å². The molecule has 0 aliphatic carbocycles. The summed E-state index contributed by atoms with van der Waals surface area (Å²) in [6.07, 6.45) is 1.04. The molecule has 0 aliphatic heterocycles. The molecule has 0 heterocycles. The van der Waals surface area contributed by atoms with Gasteiger partial charge in [0.05, 0.1) is 18.0 Å². The molecule has 5 nitrogen and oxygen atoms in total. The predicted octanol–water partition coefficient (Wildman–Crippen LogP) is 3.03. The van der Waals surface area contributed by atoms with Crippen molar-refractivity contribution in [2.45, 2.75) is 54.0 Å².